The Labute approximate surface area is 335 Å². The second-order valence-electron chi connectivity index (χ2n) is 17.1. The average molecular weight is 788 g/mol. The van der Waals surface area contributed by atoms with E-state index in [-0.39, 0.29) is 19.1 Å². The number of aliphatic hydroxyl groups excluding tert-OH is 1. The SMILES string of the molecule is CCCCCCCC/C=C/CCCC[C@@H](O)[C@H](COP(=O)(O)OCC[N+](C)(C)C)NC(=O)CCCCCCCCCCCCCCCCCCCCCC. The Kier molecular flexibility index (Phi) is 37.3. The summed E-state index contributed by atoms with van der Waals surface area (Å²) in [7, 11) is 1.61. The van der Waals surface area contributed by atoms with Crippen LogP contribution in [0.4, 0.5) is 0 Å². The minimum absolute atomic E-state index is 0.0721. The second kappa shape index (κ2) is 37.8. The van der Waals surface area contributed by atoms with Crippen molar-refractivity contribution in [3.63, 3.8) is 0 Å². The van der Waals surface area contributed by atoms with Crippen molar-refractivity contribution in [3.8, 4) is 0 Å². The van der Waals surface area contributed by atoms with Gasteiger partial charge in [0.05, 0.1) is 39.9 Å². The van der Waals surface area contributed by atoms with E-state index in [1.807, 2.05) is 21.1 Å². The van der Waals surface area contributed by atoms with Crippen LogP contribution in [0, 0.1) is 0 Å². The summed E-state index contributed by atoms with van der Waals surface area (Å²) in [6, 6.07) is -0.770. The fraction of sp³-hybridized carbons (Fsp3) is 0.933. The summed E-state index contributed by atoms with van der Waals surface area (Å²) in [5.74, 6) is -0.151. The first-order valence-corrected chi connectivity index (χ1v) is 24.5. The lowest BCUT2D eigenvalue weighted by atomic mass is 10.0. The summed E-state index contributed by atoms with van der Waals surface area (Å²) < 4.78 is 23.6. The maximum atomic E-state index is 12.9. The van der Waals surface area contributed by atoms with Crippen molar-refractivity contribution in [3.05, 3.63) is 12.2 Å². The number of nitrogens with zero attached hydrogens (tertiary/aromatic N) is 1. The molecule has 54 heavy (non-hydrogen) atoms. The van der Waals surface area contributed by atoms with Gasteiger partial charge in [-0.3, -0.25) is 13.8 Å². The molecule has 322 valence electrons. The van der Waals surface area contributed by atoms with Crippen LogP contribution in [0.2, 0.25) is 0 Å². The molecule has 1 unspecified atom stereocenters. The van der Waals surface area contributed by atoms with Gasteiger partial charge in [-0.25, -0.2) is 4.57 Å². The molecule has 0 aliphatic heterocycles. The van der Waals surface area contributed by atoms with Crippen molar-refractivity contribution in [2.75, 3.05) is 40.9 Å². The summed E-state index contributed by atoms with van der Waals surface area (Å²) in [5.41, 5.74) is 0. The Bertz CT molecular complexity index is 896. The molecular weight excluding hydrogens is 695 g/mol. The molecule has 0 aromatic carbocycles. The molecule has 3 N–H and O–H groups in total. The molecule has 0 heterocycles. The van der Waals surface area contributed by atoms with Crippen LogP contribution in [0.25, 0.3) is 0 Å². The Morgan fingerprint density at radius 2 is 1.00 bits per heavy atom. The highest BCUT2D eigenvalue weighted by molar-refractivity contribution is 7.47. The number of amides is 1. The van der Waals surface area contributed by atoms with Crippen LogP contribution in [0.15, 0.2) is 12.2 Å². The predicted molar refractivity (Wildman–Crippen MR) is 231 cm³/mol. The van der Waals surface area contributed by atoms with Crippen molar-refractivity contribution in [1.29, 1.82) is 0 Å². The lowest BCUT2D eigenvalue weighted by Crippen LogP contribution is -2.46. The van der Waals surface area contributed by atoms with E-state index < -0.39 is 20.0 Å². The van der Waals surface area contributed by atoms with E-state index in [9.17, 15) is 19.4 Å². The van der Waals surface area contributed by atoms with Gasteiger partial charge in [0.15, 0.2) is 0 Å². The molecule has 3 atom stereocenters. The maximum absolute atomic E-state index is 12.9. The van der Waals surface area contributed by atoms with Crippen LogP contribution < -0.4 is 5.32 Å². The van der Waals surface area contributed by atoms with E-state index >= 15 is 0 Å². The largest absolute Gasteiger partial charge is 0.472 e. The highest BCUT2D eigenvalue weighted by Gasteiger charge is 2.28. The van der Waals surface area contributed by atoms with Crippen LogP contribution in [0.3, 0.4) is 0 Å². The molecule has 9 heteroatoms. The quantitative estimate of drug-likeness (QED) is 0.0246. The summed E-state index contributed by atoms with van der Waals surface area (Å²) in [5, 5.41) is 13.9. The third-order valence-corrected chi connectivity index (χ3v) is 11.5. The minimum Gasteiger partial charge on any atom is -0.391 e. The van der Waals surface area contributed by atoms with Crippen LogP contribution in [-0.4, -0.2) is 73.4 Å². The summed E-state index contributed by atoms with van der Waals surface area (Å²) in [6.45, 7) is 4.87. The first-order valence-electron chi connectivity index (χ1n) is 23.1. The standard InChI is InChI=1S/C45H91N2O6P/c1-6-8-10-12-14-16-18-20-21-22-23-24-25-26-27-29-31-33-35-37-39-45(49)46-43(42-53-54(50,51)52-41-40-47(3,4)5)44(48)38-36-34-32-30-28-19-17-15-13-11-9-7-2/h28,30,43-44,48H,6-27,29,31-42H2,1-5H3,(H-,46,49,50,51)/p+1/b30-28+/t43-,44+/m0/s1. The Balaban J connectivity index is 4.27. The first-order chi connectivity index (χ1) is 26.0. The third kappa shape index (κ3) is 39.5. The maximum Gasteiger partial charge on any atom is 0.472 e. The van der Waals surface area contributed by atoms with E-state index in [0.717, 1.165) is 44.9 Å². The van der Waals surface area contributed by atoms with Gasteiger partial charge in [0.1, 0.15) is 13.2 Å². The van der Waals surface area contributed by atoms with Gasteiger partial charge in [-0.15, -0.1) is 0 Å². The van der Waals surface area contributed by atoms with Gasteiger partial charge >= 0.3 is 7.82 Å². The number of phosphoric acid groups is 1. The van der Waals surface area contributed by atoms with Crippen molar-refractivity contribution >= 4 is 13.7 Å². The molecule has 1 amide bonds. The molecule has 0 saturated carbocycles. The van der Waals surface area contributed by atoms with Gasteiger partial charge in [-0.05, 0) is 38.5 Å². The van der Waals surface area contributed by atoms with Crippen LogP contribution in [-0.2, 0) is 18.4 Å². The molecule has 0 bridgehead atoms. The Hall–Kier alpha value is -0.760. The fourth-order valence-corrected chi connectivity index (χ4v) is 7.54. The monoisotopic (exact) mass is 788 g/mol. The van der Waals surface area contributed by atoms with E-state index in [1.54, 1.807) is 0 Å². The molecular formula is C45H92N2O6P+. The van der Waals surface area contributed by atoms with Gasteiger partial charge in [-0.2, -0.15) is 0 Å². The van der Waals surface area contributed by atoms with Gasteiger partial charge in [0.2, 0.25) is 5.91 Å². The molecule has 0 aromatic rings. The molecule has 0 aromatic heterocycles. The zero-order valence-electron chi connectivity index (χ0n) is 36.5. The molecule has 0 saturated heterocycles. The topological polar surface area (TPSA) is 105 Å². The molecule has 0 aliphatic rings. The number of nitrogens with one attached hydrogen (secondary N) is 1. The van der Waals surface area contributed by atoms with E-state index in [4.69, 9.17) is 9.05 Å². The van der Waals surface area contributed by atoms with Crippen LogP contribution >= 0.6 is 7.82 Å². The van der Waals surface area contributed by atoms with Crippen LogP contribution in [0.1, 0.15) is 219 Å². The second-order valence-corrected chi connectivity index (χ2v) is 18.6. The fourth-order valence-electron chi connectivity index (χ4n) is 6.81. The highest BCUT2D eigenvalue weighted by atomic mass is 31.2. The van der Waals surface area contributed by atoms with Crippen molar-refractivity contribution in [2.45, 2.75) is 231 Å². The number of hydrogen-bond acceptors (Lipinski definition) is 5. The normalized spacial score (nSPS) is 14.4. The van der Waals surface area contributed by atoms with E-state index in [1.165, 1.54) is 148 Å². The Morgan fingerprint density at radius 1 is 0.611 bits per heavy atom. The van der Waals surface area contributed by atoms with Gasteiger partial charge in [-0.1, -0.05) is 187 Å². The zero-order chi connectivity index (χ0) is 40.0. The van der Waals surface area contributed by atoms with Gasteiger partial charge in [0, 0.05) is 6.42 Å². The van der Waals surface area contributed by atoms with Crippen LogP contribution in [0.5, 0.6) is 0 Å². The number of carbonyl (C=O) groups is 1. The summed E-state index contributed by atoms with van der Waals surface area (Å²) in [4.78, 5) is 23.1. The molecule has 0 aliphatic carbocycles. The van der Waals surface area contributed by atoms with Crippen molar-refractivity contribution in [1.82, 2.24) is 5.32 Å². The number of likely N-dealkylation sites (N-methyl/N-ethyl adjacent to an activating group) is 1. The lowest BCUT2D eigenvalue weighted by Gasteiger charge is -2.26. The van der Waals surface area contributed by atoms with Crippen molar-refractivity contribution in [2.24, 2.45) is 0 Å². The number of hydrogen-bond donors (Lipinski definition) is 3. The summed E-state index contributed by atoms with van der Waals surface area (Å²) in [6.07, 6.45) is 42.4. The lowest BCUT2D eigenvalue weighted by molar-refractivity contribution is -0.870. The third-order valence-electron chi connectivity index (χ3n) is 10.5. The molecule has 0 rings (SSSR count). The molecule has 0 fully saturated rings. The molecule has 0 spiro atoms. The number of phosphoric ester groups is 1. The predicted octanol–water partition coefficient (Wildman–Crippen LogP) is 12.8. The number of unbranched alkanes of at least 4 members (excludes halogenated alkanes) is 27. The zero-order valence-corrected chi connectivity index (χ0v) is 37.4. The number of carbonyl (C=O) groups excluding carboxylic acids is 1. The van der Waals surface area contributed by atoms with Gasteiger partial charge in [0.25, 0.3) is 0 Å². The van der Waals surface area contributed by atoms with Gasteiger partial charge < -0.3 is 19.8 Å². The number of allylic oxidation sites excluding steroid dienone is 2. The summed E-state index contributed by atoms with van der Waals surface area (Å²) >= 11 is 0. The first kappa shape index (κ1) is 53.2. The Morgan fingerprint density at radius 3 is 1.43 bits per heavy atom. The number of aliphatic hydroxyl groups is 1. The molecule has 0 radical (unpaired) electrons. The number of quaternary nitrogens is 1. The molecule has 8 nitrogen and oxygen atoms in total. The van der Waals surface area contributed by atoms with E-state index in [2.05, 4.69) is 31.3 Å². The van der Waals surface area contributed by atoms with E-state index in [0.29, 0.717) is 23.9 Å². The minimum atomic E-state index is -4.31. The highest BCUT2D eigenvalue weighted by Crippen LogP contribution is 2.43. The number of rotatable bonds is 42. The average Bonchev–Trinajstić information content (AvgIpc) is 3.12. The smallest absolute Gasteiger partial charge is 0.391 e. The van der Waals surface area contributed by atoms with Crippen molar-refractivity contribution < 1.29 is 32.9 Å².